The Bertz CT molecular complexity index is 327. The van der Waals surface area contributed by atoms with Gasteiger partial charge in [-0.3, -0.25) is 4.79 Å². The monoisotopic (exact) mass is 242 g/mol. The van der Waals surface area contributed by atoms with Gasteiger partial charge in [-0.2, -0.15) is 0 Å². The smallest absolute Gasteiger partial charge is 0.250 e. The zero-order valence-corrected chi connectivity index (χ0v) is 9.67. The number of rotatable bonds is 6. The van der Waals surface area contributed by atoms with Gasteiger partial charge in [0.05, 0.1) is 0 Å². The summed E-state index contributed by atoms with van der Waals surface area (Å²) in [7, 11) is 0. The first-order chi connectivity index (χ1) is 7.72. The maximum Gasteiger partial charge on any atom is 0.250 e. The average Bonchev–Trinajstić information content (AvgIpc) is 2.28. The number of anilines is 1. The predicted molar refractivity (Wildman–Crippen MR) is 64.6 cm³/mol. The van der Waals surface area contributed by atoms with Crippen LogP contribution in [0.15, 0.2) is 24.3 Å². The molecule has 1 rings (SSSR count). The summed E-state index contributed by atoms with van der Waals surface area (Å²) in [6, 6.07) is 6.90. The van der Waals surface area contributed by atoms with Crippen molar-refractivity contribution >= 4 is 23.2 Å². The molecule has 0 heterocycles. The molecule has 0 aromatic heterocycles. The highest BCUT2D eigenvalue weighted by atomic mass is 35.5. The average molecular weight is 243 g/mol. The van der Waals surface area contributed by atoms with Gasteiger partial charge in [0.1, 0.15) is 6.61 Å². The van der Waals surface area contributed by atoms with Gasteiger partial charge in [-0.15, -0.1) is 0 Å². The molecule has 0 aliphatic heterocycles. The molecule has 0 bridgehead atoms. The van der Waals surface area contributed by atoms with E-state index in [-0.39, 0.29) is 12.5 Å². The van der Waals surface area contributed by atoms with Gasteiger partial charge in [0.2, 0.25) is 5.91 Å². The summed E-state index contributed by atoms with van der Waals surface area (Å²) >= 11 is 5.72. The molecule has 0 fully saturated rings. The minimum Gasteiger partial charge on any atom is -0.372 e. The fourth-order valence-electron chi connectivity index (χ4n) is 1.08. The first kappa shape index (κ1) is 13.0. The maximum atomic E-state index is 11.4. The molecule has 0 atom stereocenters. The Morgan fingerprint density at radius 1 is 1.38 bits per heavy atom. The van der Waals surface area contributed by atoms with Crippen molar-refractivity contribution in [3.63, 3.8) is 0 Å². The lowest BCUT2D eigenvalue weighted by atomic mass is 10.3. The van der Waals surface area contributed by atoms with E-state index in [1.54, 1.807) is 24.3 Å². The van der Waals surface area contributed by atoms with Crippen LogP contribution in [0.1, 0.15) is 6.42 Å². The first-order valence-corrected chi connectivity index (χ1v) is 5.43. The van der Waals surface area contributed by atoms with Crippen LogP contribution in [0.4, 0.5) is 5.69 Å². The quantitative estimate of drug-likeness (QED) is 0.746. The van der Waals surface area contributed by atoms with Crippen LogP contribution in [0.25, 0.3) is 0 Å². The molecule has 0 aliphatic rings. The van der Waals surface area contributed by atoms with Crippen molar-refractivity contribution in [2.45, 2.75) is 6.42 Å². The molecule has 0 saturated heterocycles. The van der Waals surface area contributed by atoms with Crippen LogP contribution in [0.3, 0.4) is 0 Å². The zero-order chi connectivity index (χ0) is 11.8. The molecule has 1 aromatic carbocycles. The molecule has 5 heteroatoms. The molecule has 88 valence electrons. The number of nitrogens with two attached hydrogens (primary N) is 1. The second-order valence-electron chi connectivity index (χ2n) is 3.25. The van der Waals surface area contributed by atoms with E-state index in [0.717, 1.165) is 6.42 Å². The van der Waals surface area contributed by atoms with Crippen molar-refractivity contribution in [2.75, 3.05) is 25.1 Å². The topological polar surface area (TPSA) is 64.3 Å². The van der Waals surface area contributed by atoms with Gasteiger partial charge in [-0.05, 0) is 37.2 Å². The Morgan fingerprint density at radius 3 is 2.69 bits per heavy atom. The molecular formula is C11H15ClN2O2. The SMILES string of the molecule is NCCCOCC(=O)Nc1ccc(Cl)cc1. The highest BCUT2D eigenvalue weighted by Crippen LogP contribution is 2.13. The molecule has 4 nitrogen and oxygen atoms in total. The second kappa shape index (κ2) is 7.22. The fraction of sp³-hybridized carbons (Fsp3) is 0.364. The zero-order valence-electron chi connectivity index (χ0n) is 8.91. The number of halogens is 1. The number of nitrogens with one attached hydrogen (secondary N) is 1. The Balaban J connectivity index is 2.26. The highest BCUT2D eigenvalue weighted by molar-refractivity contribution is 6.30. The molecule has 0 spiro atoms. The molecule has 1 aromatic rings. The maximum absolute atomic E-state index is 11.4. The number of hydrogen-bond donors (Lipinski definition) is 2. The molecule has 0 saturated carbocycles. The summed E-state index contributed by atoms with van der Waals surface area (Å²) in [5.74, 6) is -0.181. The summed E-state index contributed by atoms with van der Waals surface area (Å²) in [6.07, 6.45) is 0.758. The second-order valence-corrected chi connectivity index (χ2v) is 3.69. The summed E-state index contributed by atoms with van der Waals surface area (Å²) < 4.78 is 5.11. The lowest BCUT2D eigenvalue weighted by Gasteiger charge is -2.05. The van der Waals surface area contributed by atoms with Crippen LogP contribution in [-0.2, 0) is 9.53 Å². The number of benzene rings is 1. The summed E-state index contributed by atoms with van der Waals surface area (Å²) in [4.78, 5) is 11.4. The van der Waals surface area contributed by atoms with Crippen LogP contribution in [0.2, 0.25) is 5.02 Å². The van der Waals surface area contributed by atoms with Crippen LogP contribution in [-0.4, -0.2) is 25.7 Å². The van der Waals surface area contributed by atoms with Crippen molar-refractivity contribution < 1.29 is 9.53 Å². The van der Waals surface area contributed by atoms with Gasteiger partial charge in [-0.25, -0.2) is 0 Å². The highest BCUT2D eigenvalue weighted by Gasteiger charge is 2.01. The molecule has 16 heavy (non-hydrogen) atoms. The molecule has 0 unspecified atom stereocenters. The predicted octanol–water partition coefficient (Wildman–Crippen LogP) is 1.64. The number of ether oxygens (including phenoxy) is 1. The Labute approximate surface area is 99.7 Å². The third kappa shape index (κ3) is 5.11. The van der Waals surface area contributed by atoms with Crippen molar-refractivity contribution in [1.29, 1.82) is 0 Å². The third-order valence-corrected chi connectivity index (χ3v) is 2.11. The first-order valence-electron chi connectivity index (χ1n) is 5.05. The normalized spacial score (nSPS) is 10.1. The van der Waals surface area contributed by atoms with E-state index in [9.17, 15) is 4.79 Å². The third-order valence-electron chi connectivity index (χ3n) is 1.85. The van der Waals surface area contributed by atoms with E-state index in [4.69, 9.17) is 22.1 Å². The van der Waals surface area contributed by atoms with E-state index in [2.05, 4.69) is 5.32 Å². The van der Waals surface area contributed by atoms with Crippen molar-refractivity contribution in [2.24, 2.45) is 5.73 Å². The summed E-state index contributed by atoms with van der Waals surface area (Å²) in [5.41, 5.74) is 6.00. The number of amides is 1. The van der Waals surface area contributed by atoms with E-state index in [1.807, 2.05) is 0 Å². The lowest BCUT2D eigenvalue weighted by molar-refractivity contribution is -0.120. The van der Waals surface area contributed by atoms with Crippen LogP contribution < -0.4 is 11.1 Å². The molecular weight excluding hydrogens is 228 g/mol. The molecule has 0 aliphatic carbocycles. The number of carbonyl (C=O) groups excluding carboxylic acids is 1. The van der Waals surface area contributed by atoms with Gasteiger partial charge in [-0.1, -0.05) is 11.6 Å². The van der Waals surface area contributed by atoms with Gasteiger partial charge >= 0.3 is 0 Å². The van der Waals surface area contributed by atoms with Crippen LogP contribution in [0.5, 0.6) is 0 Å². The number of hydrogen-bond acceptors (Lipinski definition) is 3. The number of carbonyl (C=O) groups is 1. The Hall–Kier alpha value is -1.10. The van der Waals surface area contributed by atoms with Crippen LogP contribution >= 0.6 is 11.6 Å². The van der Waals surface area contributed by atoms with Gasteiger partial charge < -0.3 is 15.8 Å². The van der Waals surface area contributed by atoms with Gasteiger partial charge in [0.15, 0.2) is 0 Å². The van der Waals surface area contributed by atoms with E-state index < -0.39 is 0 Å². The molecule has 0 radical (unpaired) electrons. The summed E-state index contributed by atoms with van der Waals surface area (Å²) in [6.45, 7) is 1.12. The van der Waals surface area contributed by atoms with E-state index in [0.29, 0.717) is 23.9 Å². The fourth-order valence-corrected chi connectivity index (χ4v) is 1.21. The Morgan fingerprint density at radius 2 is 2.06 bits per heavy atom. The largest absolute Gasteiger partial charge is 0.372 e. The lowest BCUT2D eigenvalue weighted by Crippen LogP contribution is -2.19. The standard InChI is InChI=1S/C11H15ClN2O2/c12-9-2-4-10(5-3-9)14-11(15)8-16-7-1-6-13/h2-5H,1,6-8,13H2,(H,14,15). The Kier molecular flexibility index (Phi) is 5.85. The van der Waals surface area contributed by atoms with Crippen molar-refractivity contribution in [3.05, 3.63) is 29.3 Å². The molecule has 3 N–H and O–H groups in total. The van der Waals surface area contributed by atoms with Gasteiger partial charge in [0.25, 0.3) is 0 Å². The molecule has 1 amide bonds. The van der Waals surface area contributed by atoms with Crippen molar-refractivity contribution in [3.8, 4) is 0 Å². The van der Waals surface area contributed by atoms with Gasteiger partial charge in [0, 0.05) is 17.3 Å². The van der Waals surface area contributed by atoms with E-state index in [1.165, 1.54) is 0 Å². The summed E-state index contributed by atoms with van der Waals surface area (Å²) in [5, 5.41) is 3.33. The minimum absolute atomic E-state index is 0.0443. The van der Waals surface area contributed by atoms with E-state index >= 15 is 0 Å². The van der Waals surface area contributed by atoms with Crippen LogP contribution in [0, 0.1) is 0 Å². The minimum atomic E-state index is -0.181. The van der Waals surface area contributed by atoms with Crippen molar-refractivity contribution in [1.82, 2.24) is 0 Å².